The van der Waals surface area contributed by atoms with Crippen LogP contribution < -0.4 is 5.19 Å². The molecule has 0 aliphatic rings. The molecular formula is C11H18Si. The first-order valence-electron chi connectivity index (χ1n) is 4.85. The Morgan fingerprint density at radius 1 is 1.08 bits per heavy atom. The third-order valence-electron chi connectivity index (χ3n) is 2.61. The summed E-state index contributed by atoms with van der Waals surface area (Å²) in [4.78, 5) is 0. The van der Waals surface area contributed by atoms with Crippen molar-refractivity contribution < 1.29 is 0 Å². The van der Waals surface area contributed by atoms with E-state index in [9.17, 15) is 0 Å². The Balaban J connectivity index is 2.92. The molecule has 1 aromatic rings. The molecule has 0 saturated heterocycles. The standard InChI is InChI=1S/C11H18Si/c1-4-12(5-2)11-9-7-6-8-10(11)3/h6-9,12H,4-5H2,1-3H3. The molecule has 1 aromatic carbocycles. The molecule has 0 atom stereocenters. The maximum atomic E-state index is 2.33. The van der Waals surface area contributed by atoms with E-state index in [0.29, 0.717) is 0 Å². The van der Waals surface area contributed by atoms with E-state index in [2.05, 4.69) is 45.0 Å². The van der Waals surface area contributed by atoms with Crippen LogP contribution in [-0.2, 0) is 0 Å². The van der Waals surface area contributed by atoms with E-state index in [1.807, 2.05) is 0 Å². The van der Waals surface area contributed by atoms with Crippen LogP contribution in [0.15, 0.2) is 24.3 Å². The van der Waals surface area contributed by atoms with Gasteiger partial charge in [-0.1, -0.05) is 61.0 Å². The molecule has 12 heavy (non-hydrogen) atoms. The Bertz CT molecular complexity index is 239. The van der Waals surface area contributed by atoms with Gasteiger partial charge in [-0.05, 0) is 6.92 Å². The fourth-order valence-corrected chi connectivity index (χ4v) is 4.35. The minimum absolute atomic E-state index is 0.590. The second-order valence-corrected chi connectivity index (χ2v) is 7.02. The summed E-state index contributed by atoms with van der Waals surface area (Å²) in [5.74, 6) is 0. The van der Waals surface area contributed by atoms with E-state index in [1.54, 1.807) is 5.19 Å². The maximum absolute atomic E-state index is 2.33. The SMILES string of the molecule is CC[SiH](CC)c1ccccc1C. The first kappa shape index (κ1) is 9.52. The van der Waals surface area contributed by atoms with Crippen molar-refractivity contribution in [2.45, 2.75) is 32.9 Å². The summed E-state index contributed by atoms with van der Waals surface area (Å²) >= 11 is 0. The Labute approximate surface area is 77.2 Å². The molecule has 0 spiro atoms. The molecular weight excluding hydrogens is 160 g/mol. The summed E-state index contributed by atoms with van der Waals surface area (Å²) < 4.78 is 0. The van der Waals surface area contributed by atoms with Crippen LogP contribution in [0, 0.1) is 6.92 Å². The lowest BCUT2D eigenvalue weighted by Crippen LogP contribution is -2.30. The molecule has 0 heterocycles. The van der Waals surface area contributed by atoms with Crippen LogP contribution in [0.1, 0.15) is 19.4 Å². The normalized spacial score (nSPS) is 10.7. The van der Waals surface area contributed by atoms with E-state index >= 15 is 0 Å². The van der Waals surface area contributed by atoms with Crippen LogP contribution in [0.25, 0.3) is 0 Å². The minimum Gasteiger partial charge on any atom is -0.0677 e. The molecule has 1 heteroatoms. The predicted octanol–water partition coefficient (Wildman–Crippen LogP) is 2.47. The largest absolute Gasteiger partial charge is 0.0706 e. The molecule has 0 aromatic heterocycles. The van der Waals surface area contributed by atoms with Gasteiger partial charge in [0.2, 0.25) is 0 Å². The fraction of sp³-hybridized carbons (Fsp3) is 0.455. The summed E-state index contributed by atoms with van der Waals surface area (Å²) in [6, 6.07) is 11.6. The molecule has 0 unspecified atom stereocenters. The highest BCUT2D eigenvalue weighted by molar-refractivity contribution is 6.73. The van der Waals surface area contributed by atoms with Crippen LogP contribution >= 0.6 is 0 Å². The Kier molecular flexibility index (Phi) is 3.54. The molecule has 0 aliphatic heterocycles. The van der Waals surface area contributed by atoms with E-state index in [1.165, 1.54) is 17.7 Å². The zero-order chi connectivity index (χ0) is 8.97. The minimum atomic E-state index is -0.590. The highest BCUT2D eigenvalue weighted by Gasteiger charge is 2.09. The van der Waals surface area contributed by atoms with E-state index in [-0.39, 0.29) is 0 Å². The van der Waals surface area contributed by atoms with Gasteiger partial charge in [-0.2, -0.15) is 0 Å². The molecule has 1 rings (SSSR count). The molecule has 0 fully saturated rings. The van der Waals surface area contributed by atoms with Gasteiger partial charge in [0.05, 0.1) is 8.80 Å². The lowest BCUT2D eigenvalue weighted by atomic mass is 10.2. The van der Waals surface area contributed by atoms with E-state index in [0.717, 1.165) is 0 Å². The van der Waals surface area contributed by atoms with Crippen LogP contribution in [0.4, 0.5) is 0 Å². The zero-order valence-corrected chi connectivity index (χ0v) is 9.46. The highest BCUT2D eigenvalue weighted by atomic mass is 28.3. The average Bonchev–Trinajstić information content (AvgIpc) is 2.10. The summed E-state index contributed by atoms with van der Waals surface area (Å²) in [7, 11) is -0.590. The lowest BCUT2D eigenvalue weighted by Gasteiger charge is -2.13. The van der Waals surface area contributed by atoms with Crippen LogP contribution in [0.5, 0.6) is 0 Å². The van der Waals surface area contributed by atoms with Crippen molar-refractivity contribution in [2.75, 3.05) is 0 Å². The third-order valence-corrected chi connectivity index (χ3v) is 6.11. The van der Waals surface area contributed by atoms with Crippen molar-refractivity contribution in [3.63, 3.8) is 0 Å². The first-order chi connectivity index (χ1) is 5.79. The van der Waals surface area contributed by atoms with Gasteiger partial charge in [-0.25, -0.2) is 0 Å². The number of benzene rings is 1. The third kappa shape index (κ3) is 1.98. The van der Waals surface area contributed by atoms with Crippen LogP contribution in [0.2, 0.25) is 12.1 Å². The summed E-state index contributed by atoms with van der Waals surface area (Å²) in [5, 5.41) is 1.67. The van der Waals surface area contributed by atoms with Gasteiger partial charge < -0.3 is 0 Å². The molecule has 0 radical (unpaired) electrons. The number of rotatable bonds is 3. The molecule has 0 bridgehead atoms. The maximum Gasteiger partial charge on any atom is 0.0706 e. The van der Waals surface area contributed by atoms with Crippen molar-refractivity contribution in [3.8, 4) is 0 Å². The predicted molar refractivity (Wildman–Crippen MR) is 58.9 cm³/mol. The van der Waals surface area contributed by atoms with E-state index < -0.39 is 8.80 Å². The van der Waals surface area contributed by atoms with Gasteiger partial charge in [0.1, 0.15) is 0 Å². The number of aryl methyl sites for hydroxylation is 1. The van der Waals surface area contributed by atoms with Gasteiger partial charge in [0.25, 0.3) is 0 Å². The summed E-state index contributed by atoms with van der Waals surface area (Å²) in [6.07, 6.45) is 0. The van der Waals surface area contributed by atoms with Gasteiger partial charge in [0.15, 0.2) is 0 Å². The van der Waals surface area contributed by atoms with Gasteiger partial charge in [-0.15, -0.1) is 0 Å². The summed E-state index contributed by atoms with van der Waals surface area (Å²) in [5.41, 5.74) is 1.50. The van der Waals surface area contributed by atoms with Crippen molar-refractivity contribution in [1.82, 2.24) is 0 Å². The van der Waals surface area contributed by atoms with Gasteiger partial charge in [-0.3, -0.25) is 0 Å². The Morgan fingerprint density at radius 3 is 2.17 bits per heavy atom. The topological polar surface area (TPSA) is 0 Å². The van der Waals surface area contributed by atoms with Gasteiger partial charge in [0, 0.05) is 0 Å². The zero-order valence-electron chi connectivity index (χ0n) is 8.30. The quantitative estimate of drug-likeness (QED) is 0.624. The van der Waals surface area contributed by atoms with Crippen LogP contribution in [-0.4, -0.2) is 8.80 Å². The number of hydrogen-bond acceptors (Lipinski definition) is 0. The van der Waals surface area contributed by atoms with Crippen molar-refractivity contribution >= 4 is 14.0 Å². The Hall–Kier alpha value is -0.563. The molecule has 0 saturated carbocycles. The smallest absolute Gasteiger partial charge is 0.0677 e. The molecule has 0 nitrogen and oxygen atoms in total. The summed E-state index contributed by atoms with van der Waals surface area (Å²) in [6.45, 7) is 6.89. The monoisotopic (exact) mass is 178 g/mol. The highest BCUT2D eigenvalue weighted by Crippen LogP contribution is 2.03. The number of hydrogen-bond donors (Lipinski definition) is 0. The molecule has 0 aliphatic carbocycles. The molecule has 66 valence electrons. The second kappa shape index (κ2) is 4.46. The molecule has 0 amide bonds. The van der Waals surface area contributed by atoms with Crippen LogP contribution in [0.3, 0.4) is 0 Å². The van der Waals surface area contributed by atoms with Crippen molar-refractivity contribution in [2.24, 2.45) is 0 Å². The first-order valence-corrected chi connectivity index (χ1v) is 7.06. The Morgan fingerprint density at radius 2 is 1.67 bits per heavy atom. The second-order valence-electron chi connectivity index (χ2n) is 3.37. The van der Waals surface area contributed by atoms with Gasteiger partial charge >= 0.3 is 0 Å². The molecule has 0 N–H and O–H groups in total. The average molecular weight is 178 g/mol. The van der Waals surface area contributed by atoms with Crippen molar-refractivity contribution in [1.29, 1.82) is 0 Å². The van der Waals surface area contributed by atoms with Crippen molar-refractivity contribution in [3.05, 3.63) is 29.8 Å². The van der Waals surface area contributed by atoms with E-state index in [4.69, 9.17) is 0 Å². The lowest BCUT2D eigenvalue weighted by molar-refractivity contribution is 1.32. The fourth-order valence-electron chi connectivity index (χ4n) is 1.77.